The monoisotopic (exact) mass is 491 g/mol. The van der Waals surface area contributed by atoms with Crippen molar-refractivity contribution in [1.82, 2.24) is 9.55 Å². The predicted molar refractivity (Wildman–Crippen MR) is 124 cm³/mol. The quantitative estimate of drug-likeness (QED) is 0.286. The minimum Gasteiger partial charge on any atom is -0.380 e. The average Bonchev–Trinajstić information content (AvgIpc) is 3.15. The van der Waals surface area contributed by atoms with Crippen LogP contribution in [-0.4, -0.2) is 22.6 Å². The van der Waals surface area contributed by atoms with Gasteiger partial charge in [-0.05, 0) is 18.1 Å². The minimum absolute atomic E-state index is 0. The van der Waals surface area contributed by atoms with Gasteiger partial charge in [-0.1, -0.05) is 48.5 Å². The fraction of sp³-hybridized carbons (Fsp3) is 0.238. The molecule has 2 aromatic carbocycles. The van der Waals surface area contributed by atoms with Gasteiger partial charge in [-0.3, -0.25) is 0 Å². The van der Waals surface area contributed by atoms with Crippen LogP contribution in [0.5, 0.6) is 0 Å². The molecule has 0 bridgehead atoms. The maximum Gasteiger partial charge on any atom is 0.193 e. The van der Waals surface area contributed by atoms with E-state index in [9.17, 15) is 0 Å². The summed E-state index contributed by atoms with van der Waals surface area (Å²) in [5.41, 5.74) is 9.29. The number of halogens is 1. The van der Waals surface area contributed by atoms with Crippen molar-refractivity contribution in [2.45, 2.75) is 26.1 Å². The number of ether oxygens (including phenoxy) is 1. The first kappa shape index (κ1) is 21.9. The lowest BCUT2D eigenvalue weighted by Crippen LogP contribution is -2.23. The van der Waals surface area contributed by atoms with Gasteiger partial charge in [0.05, 0.1) is 6.61 Å². The third-order valence-electron chi connectivity index (χ3n) is 4.26. The number of rotatable bonds is 8. The van der Waals surface area contributed by atoms with Gasteiger partial charge in [-0.15, -0.1) is 24.0 Å². The Kier molecular flexibility index (Phi) is 8.96. The average molecular weight is 491 g/mol. The topological polar surface area (TPSA) is 77.5 Å². The largest absolute Gasteiger partial charge is 0.380 e. The number of methoxy groups -OCH3 is 1. The highest BCUT2D eigenvalue weighted by Gasteiger charge is 2.05. The van der Waals surface area contributed by atoms with Crippen molar-refractivity contribution in [3.05, 3.63) is 83.9 Å². The zero-order valence-corrected chi connectivity index (χ0v) is 18.2. The summed E-state index contributed by atoms with van der Waals surface area (Å²) in [6.07, 6.45) is 4.73. The number of nitrogens with zero attached hydrogens (tertiary/aromatic N) is 3. The van der Waals surface area contributed by atoms with Crippen molar-refractivity contribution in [2.75, 3.05) is 12.4 Å². The summed E-state index contributed by atoms with van der Waals surface area (Å²) in [5, 5.41) is 3.15. The van der Waals surface area contributed by atoms with E-state index in [1.165, 1.54) is 5.56 Å². The molecule has 6 nitrogen and oxygen atoms in total. The standard InChI is InChI=1S/C21H25N5O.HI/c1-27-16-18-9-5-6-10-19(18)25-21(22)24-15-20-23-12-14-26(20)13-11-17-7-3-2-4-8-17;/h2-10,12,14H,11,13,15-16H2,1H3,(H3,22,24,25);1H. The Labute approximate surface area is 182 Å². The molecule has 0 atom stereocenters. The van der Waals surface area contributed by atoms with Gasteiger partial charge in [-0.25, -0.2) is 9.98 Å². The van der Waals surface area contributed by atoms with Crippen LogP contribution in [0.3, 0.4) is 0 Å². The van der Waals surface area contributed by atoms with E-state index in [1.807, 2.05) is 36.5 Å². The second kappa shape index (κ2) is 11.5. The molecule has 0 aliphatic rings. The van der Waals surface area contributed by atoms with Crippen molar-refractivity contribution in [3.63, 3.8) is 0 Å². The number of benzene rings is 2. The molecule has 148 valence electrons. The molecule has 0 fully saturated rings. The summed E-state index contributed by atoms with van der Waals surface area (Å²) in [7, 11) is 1.67. The molecule has 3 aromatic rings. The molecule has 0 amide bonds. The number of aliphatic imine (C=N–C) groups is 1. The van der Waals surface area contributed by atoms with Crippen molar-refractivity contribution in [1.29, 1.82) is 0 Å². The van der Waals surface area contributed by atoms with Gasteiger partial charge in [0, 0.05) is 37.3 Å². The van der Waals surface area contributed by atoms with Gasteiger partial charge in [0.15, 0.2) is 5.96 Å². The molecule has 0 aliphatic heterocycles. The minimum atomic E-state index is 0. The van der Waals surface area contributed by atoms with E-state index >= 15 is 0 Å². The summed E-state index contributed by atoms with van der Waals surface area (Å²) >= 11 is 0. The second-order valence-electron chi connectivity index (χ2n) is 6.19. The van der Waals surface area contributed by atoms with E-state index in [0.717, 1.165) is 30.0 Å². The van der Waals surface area contributed by atoms with Gasteiger partial charge >= 0.3 is 0 Å². The molecular formula is C21H26IN5O. The Bertz CT molecular complexity index is 879. The van der Waals surface area contributed by atoms with Crippen molar-refractivity contribution < 1.29 is 4.74 Å². The molecule has 7 heteroatoms. The maximum atomic E-state index is 6.06. The fourth-order valence-corrected chi connectivity index (χ4v) is 2.85. The first-order valence-corrected chi connectivity index (χ1v) is 8.94. The molecule has 0 spiro atoms. The lowest BCUT2D eigenvalue weighted by Gasteiger charge is -2.11. The number of para-hydroxylation sites is 1. The second-order valence-corrected chi connectivity index (χ2v) is 6.19. The lowest BCUT2D eigenvalue weighted by molar-refractivity contribution is 0.185. The Hall–Kier alpha value is -2.39. The van der Waals surface area contributed by atoms with Gasteiger partial charge in [0.1, 0.15) is 12.4 Å². The number of nitrogens with one attached hydrogen (secondary N) is 1. The van der Waals surface area contributed by atoms with Crippen LogP contribution in [0.4, 0.5) is 5.69 Å². The van der Waals surface area contributed by atoms with E-state index in [1.54, 1.807) is 13.3 Å². The Morgan fingerprint density at radius 1 is 1.14 bits per heavy atom. The number of anilines is 1. The van der Waals surface area contributed by atoms with Gasteiger partial charge < -0.3 is 20.4 Å². The van der Waals surface area contributed by atoms with Crippen LogP contribution < -0.4 is 11.1 Å². The molecule has 3 rings (SSSR count). The van der Waals surface area contributed by atoms with E-state index < -0.39 is 0 Å². The zero-order valence-electron chi connectivity index (χ0n) is 15.9. The van der Waals surface area contributed by atoms with Crippen LogP contribution in [0.25, 0.3) is 0 Å². The molecule has 1 heterocycles. The van der Waals surface area contributed by atoms with E-state index in [0.29, 0.717) is 19.1 Å². The third-order valence-corrected chi connectivity index (χ3v) is 4.26. The molecule has 28 heavy (non-hydrogen) atoms. The number of aryl methyl sites for hydroxylation is 2. The summed E-state index contributed by atoms with van der Waals surface area (Å²) < 4.78 is 7.33. The van der Waals surface area contributed by atoms with E-state index in [-0.39, 0.29) is 24.0 Å². The Balaban J connectivity index is 0.00000280. The summed E-state index contributed by atoms with van der Waals surface area (Å²) in [5.74, 6) is 1.25. The number of imidazole rings is 1. The highest BCUT2D eigenvalue weighted by atomic mass is 127. The summed E-state index contributed by atoms with van der Waals surface area (Å²) in [4.78, 5) is 8.84. The zero-order chi connectivity index (χ0) is 18.9. The first-order valence-electron chi connectivity index (χ1n) is 8.94. The lowest BCUT2D eigenvalue weighted by atomic mass is 10.1. The van der Waals surface area contributed by atoms with Gasteiger partial charge in [0.25, 0.3) is 0 Å². The molecule has 0 radical (unpaired) electrons. The Morgan fingerprint density at radius 3 is 2.68 bits per heavy atom. The van der Waals surface area contributed by atoms with Crippen LogP contribution in [-0.2, 0) is 30.9 Å². The SMILES string of the molecule is COCc1ccccc1NC(N)=NCc1nccn1CCc1ccccc1.I. The number of hydrogen-bond acceptors (Lipinski definition) is 3. The van der Waals surface area contributed by atoms with Crippen LogP contribution >= 0.6 is 24.0 Å². The highest BCUT2D eigenvalue weighted by Crippen LogP contribution is 2.15. The molecule has 3 N–H and O–H groups in total. The van der Waals surface area contributed by atoms with Crippen molar-refractivity contribution >= 4 is 35.6 Å². The third kappa shape index (κ3) is 6.35. The molecule has 0 unspecified atom stereocenters. The molecule has 0 saturated heterocycles. The van der Waals surface area contributed by atoms with Crippen LogP contribution in [0.1, 0.15) is 17.0 Å². The smallest absolute Gasteiger partial charge is 0.193 e. The van der Waals surface area contributed by atoms with Crippen LogP contribution in [0.15, 0.2) is 72.0 Å². The first-order chi connectivity index (χ1) is 13.3. The molecule has 0 saturated carbocycles. The number of nitrogens with two attached hydrogens (primary N) is 1. The molecule has 0 aliphatic carbocycles. The van der Waals surface area contributed by atoms with Gasteiger partial charge in [-0.2, -0.15) is 0 Å². The number of aromatic nitrogens is 2. The van der Waals surface area contributed by atoms with Crippen LogP contribution in [0.2, 0.25) is 0 Å². The van der Waals surface area contributed by atoms with Crippen LogP contribution in [0, 0.1) is 0 Å². The summed E-state index contributed by atoms with van der Waals surface area (Å²) in [6.45, 7) is 1.80. The van der Waals surface area contributed by atoms with E-state index in [2.05, 4.69) is 44.1 Å². The normalized spacial score (nSPS) is 11.1. The Morgan fingerprint density at radius 2 is 1.89 bits per heavy atom. The van der Waals surface area contributed by atoms with Crippen molar-refractivity contribution in [3.8, 4) is 0 Å². The number of guanidine groups is 1. The summed E-state index contributed by atoms with van der Waals surface area (Å²) in [6, 6.07) is 18.3. The van der Waals surface area contributed by atoms with Gasteiger partial charge in [0.2, 0.25) is 0 Å². The fourth-order valence-electron chi connectivity index (χ4n) is 2.85. The predicted octanol–water partition coefficient (Wildman–Crippen LogP) is 3.82. The molecular weight excluding hydrogens is 465 g/mol. The molecule has 1 aromatic heterocycles. The van der Waals surface area contributed by atoms with E-state index in [4.69, 9.17) is 10.5 Å². The number of hydrogen-bond donors (Lipinski definition) is 2. The maximum absolute atomic E-state index is 6.06. The van der Waals surface area contributed by atoms with Crippen molar-refractivity contribution in [2.24, 2.45) is 10.7 Å². The highest BCUT2D eigenvalue weighted by molar-refractivity contribution is 14.0.